The summed E-state index contributed by atoms with van der Waals surface area (Å²) in [6.07, 6.45) is 3.88. The number of aryl methyl sites for hydroxylation is 1. The lowest BCUT2D eigenvalue weighted by atomic mass is 10.1. The Labute approximate surface area is 107 Å². The number of hydrogen-bond donors (Lipinski definition) is 1. The Morgan fingerprint density at radius 2 is 2.22 bits per heavy atom. The molecule has 0 spiro atoms. The van der Waals surface area contributed by atoms with Crippen molar-refractivity contribution in [2.75, 3.05) is 13.7 Å². The molecular weight excluding hydrogens is 228 g/mol. The second-order valence-corrected chi connectivity index (χ2v) is 5.12. The summed E-state index contributed by atoms with van der Waals surface area (Å²) in [5, 5.41) is 7.71. The molecule has 0 unspecified atom stereocenters. The van der Waals surface area contributed by atoms with Gasteiger partial charge in [0.25, 0.3) is 0 Å². The van der Waals surface area contributed by atoms with Crippen molar-refractivity contribution in [1.82, 2.24) is 19.9 Å². The summed E-state index contributed by atoms with van der Waals surface area (Å²) in [6, 6.07) is 1.96. The highest BCUT2D eigenvalue weighted by Crippen LogP contribution is 2.07. The molecule has 2 aromatic rings. The number of aromatic nitrogens is 3. The Balaban J connectivity index is 1.99. The van der Waals surface area contributed by atoms with Crippen LogP contribution in [0, 0.1) is 6.92 Å². The lowest BCUT2D eigenvalue weighted by molar-refractivity contribution is 0.0230. The van der Waals surface area contributed by atoms with Gasteiger partial charge in [0.05, 0.1) is 11.3 Å². The molecule has 0 fully saturated rings. The van der Waals surface area contributed by atoms with E-state index in [1.807, 2.05) is 29.9 Å². The first kappa shape index (κ1) is 13.0. The minimum Gasteiger partial charge on any atom is -0.377 e. The van der Waals surface area contributed by atoms with Crippen LogP contribution in [0.1, 0.15) is 25.1 Å². The van der Waals surface area contributed by atoms with Crippen molar-refractivity contribution in [3.63, 3.8) is 0 Å². The number of fused-ring (bicyclic) bond motifs is 1. The summed E-state index contributed by atoms with van der Waals surface area (Å²) < 4.78 is 7.17. The van der Waals surface area contributed by atoms with Gasteiger partial charge in [-0.1, -0.05) is 0 Å². The number of rotatable bonds is 5. The third-order valence-corrected chi connectivity index (χ3v) is 2.92. The molecule has 2 heterocycles. The molecule has 98 valence electrons. The van der Waals surface area contributed by atoms with Gasteiger partial charge in [0.1, 0.15) is 0 Å². The van der Waals surface area contributed by atoms with Crippen LogP contribution in [0.2, 0.25) is 0 Å². The second-order valence-electron chi connectivity index (χ2n) is 5.12. The fourth-order valence-electron chi connectivity index (χ4n) is 1.71. The molecule has 5 heteroatoms. The van der Waals surface area contributed by atoms with Crippen LogP contribution in [0.3, 0.4) is 0 Å². The van der Waals surface area contributed by atoms with Crippen molar-refractivity contribution in [3.8, 4) is 0 Å². The summed E-state index contributed by atoms with van der Waals surface area (Å²) in [5.41, 5.74) is 2.82. The van der Waals surface area contributed by atoms with Gasteiger partial charge in [-0.3, -0.25) is 0 Å². The molecule has 18 heavy (non-hydrogen) atoms. The van der Waals surface area contributed by atoms with Crippen LogP contribution in [0.25, 0.3) is 5.65 Å². The van der Waals surface area contributed by atoms with Crippen molar-refractivity contribution in [2.45, 2.75) is 32.9 Å². The zero-order valence-electron chi connectivity index (χ0n) is 11.4. The van der Waals surface area contributed by atoms with Gasteiger partial charge in [-0.2, -0.15) is 5.10 Å². The lowest BCUT2D eigenvalue weighted by Crippen LogP contribution is -2.36. The molecule has 2 rings (SSSR count). The summed E-state index contributed by atoms with van der Waals surface area (Å²) in [4.78, 5) is 4.37. The number of hydrogen-bond acceptors (Lipinski definition) is 4. The molecule has 0 saturated carbocycles. The SMILES string of the molecule is COC(C)(C)CNCc1cnc2cc(C)nn2c1. The summed E-state index contributed by atoms with van der Waals surface area (Å²) in [6.45, 7) is 7.62. The summed E-state index contributed by atoms with van der Waals surface area (Å²) in [5.74, 6) is 0. The molecule has 0 bridgehead atoms. The van der Waals surface area contributed by atoms with E-state index in [-0.39, 0.29) is 5.60 Å². The van der Waals surface area contributed by atoms with E-state index in [9.17, 15) is 0 Å². The molecule has 0 aliphatic carbocycles. The fourth-order valence-corrected chi connectivity index (χ4v) is 1.71. The van der Waals surface area contributed by atoms with Crippen molar-refractivity contribution in [1.29, 1.82) is 0 Å². The minimum atomic E-state index is -0.153. The van der Waals surface area contributed by atoms with Crippen LogP contribution in [0.4, 0.5) is 0 Å². The third kappa shape index (κ3) is 3.05. The van der Waals surface area contributed by atoms with E-state index < -0.39 is 0 Å². The highest BCUT2D eigenvalue weighted by atomic mass is 16.5. The molecule has 0 aromatic carbocycles. The number of methoxy groups -OCH3 is 1. The van der Waals surface area contributed by atoms with Crippen molar-refractivity contribution < 1.29 is 4.74 Å². The highest BCUT2D eigenvalue weighted by molar-refractivity contribution is 5.38. The minimum absolute atomic E-state index is 0.153. The van der Waals surface area contributed by atoms with E-state index in [2.05, 4.69) is 29.2 Å². The van der Waals surface area contributed by atoms with Crippen LogP contribution >= 0.6 is 0 Å². The van der Waals surface area contributed by atoms with E-state index >= 15 is 0 Å². The van der Waals surface area contributed by atoms with Gasteiger partial charge in [-0.25, -0.2) is 9.50 Å². The molecule has 0 radical (unpaired) electrons. The molecule has 0 saturated heterocycles. The van der Waals surface area contributed by atoms with Gasteiger partial charge in [0.15, 0.2) is 5.65 Å². The standard InChI is InChI=1S/C13H20N4O/c1-10-5-12-15-7-11(8-17(12)16-10)6-14-9-13(2,3)18-4/h5,7-8,14H,6,9H2,1-4H3. The molecule has 2 aromatic heterocycles. The first-order valence-corrected chi connectivity index (χ1v) is 6.07. The van der Waals surface area contributed by atoms with Crippen molar-refractivity contribution >= 4 is 5.65 Å². The Morgan fingerprint density at radius 3 is 2.94 bits per heavy atom. The van der Waals surface area contributed by atoms with Gasteiger partial charge >= 0.3 is 0 Å². The van der Waals surface area contributed by atoms with Crippen LogP contribution in [0.15, 0.2) is 18.5 Å². The maximum atomic E-state index is 5.35. The first-order chi connectivity index (χ1) is 8.50. The lowest BCUT2D eigenvalue weighted by Gasteiger charge is -2.23. The van der Waals surface area contributed by atoms with Gasteiger partial charge in [-0.05, 0) is 20.8 Å². The van der Waals surface area contributed by atoms with E-state index in [0.29, 0.717) is 0 Å². The predicted molar refractivity (Wildman–Crippen MR) is 70.5 cm³/mol. The normalized spacial score (nSPS) is 12.2. The molecule has 1 N–H and O–H groups in total. The van der Waals surface area contributed by atoms with E-state index in [1.165, 1.54) is 0 Å². The quantitative estimate of drug-likeness (QED) is 0.872. The Hall–Kier alpha value is -1.46. The largest absolute Gasteiger partial charge is 0.377 e. The summed E-state index contributed by atoms with van der Waals surface area (Å²) >= 11 is 0. The van der Waals surface area contributed by atoms with Crippen LogP contribution < -0.4 is 5.32 Å². The second kappa shape index (κ2) is 5.04. The average molecular weight is 248 g/mol. The van der Waals surface area contributed by atoms with Gasteiger partial charge < -0.3 is 10.1 Å². The monoisotopic (exact) mass is 248 g/mol. The molecule has 0 aliphatic rings. The highest BCUT2D eigenvalue weighted by Gasteiger charge is 2.15. The van der Waals surface area contributed by atoms with Gasteiger partial charge in [0, 0.05) is 44.2 Å². The first-order valence-electron chi connectivity index (χ1n) is 6.07. The van der Waals surface area contributed by atoms with E-state index in [0.717, 1.165) is 30.0 Å². The topological polar surface area (TPSA) is 51.5 Å². The zero-order chi connectivity index (χ0) is 13.2. The van der Waals surface area contributed by atoms with Gasteiger partial charge in [0.2, 0.25) is 0 Å². The van der Waals surface area contributed by atoms with Crippen LogP contribution in [-0.4, -0.2) is 33.9 Å². The molecule has 0 atom stereocenters. The maximum absolute atomic E-state index is 5.35. The molecule has 0 aliphatic heterocycles. The van der Waals surface area contributed by atoms with E-state index in [4.69, 9.17) is 4.74 Å². The number of ether oxygens (including phenoxy) is 1. The average Bonchev–Trinajstić information content (AvgIpc) is 2.68. The Morgan fingerprint density at radius 1 is 1.44 bits per heavy atom. The maximum Gasteiger partial charge on any atom is 0.155 e. The van der Waals surface area contributed by atoms with Crippen molar-refractivity contribution in [3.05, 3.63) is 29.7 Å². The predicted octanol–water partition coefficient (Wildman–Crippen LogP) is 1.55. The Kier molecular flexibility index (Phi) is 3.63. The zero-order valence-corrected chi connectivity index (χ0v) is 11.4. The van der Waals surface area contributed by atoms with Gasteiger partial charge in [-0.15, -0.1) is 0 Å². The molecule has 0 amide bonds. The number of nitrogens with zero attached hydrogens (tertiary/aromatic N) is 3. The molecular formula is C13H20N4O. The smallest absolute Gasteiger partial charge is 0.155 e. The third-order valence-electron chi connectivity index (χ3n) is 2.92. The number of nitrogens with one attached hydrogen (secondary N) is 1. The Bertz CT molecular complexity index is 533. The fraction of sp³-hybridized carbons (Fsp3) is 0.538. The van der Waals surface area contributed by atoms with Crippen LogP contribution in [0.5, 0.6) is 0 Å². The summed E-state index contributed by atoms with van der Waals surface area (Å²) in [7, 11) is 1.72. The van der Waals surface area contributed by atoms with E-state index in [1.54, 1.807) is 7.11 Å². The molecule has 5 nitrogen and oxygen atoms in total. The van der Waals surface area contributed by atoms with Crippen molar-refractivity contribution in [2.24, 2.45) is 0 Å². The van der Waals surface area contributed by atoms with Crippen LogP contribution in [-0.2, 0) is 11.3 Å².